The fourth-order valence-corrected chi connectivity index (χ4v) is 13.7. The molecule has 0 saturated carbocycles. The zero-order valence-electron chi connectivity index (χ0n) is 37.6. The highest BCUT2D eigenvalue weighted by atomic mass is 32.1. The molecule has 312 valence electrons. The Bertz CT molecular complexity index is 3430. The fourth-order valence-electron chi connectivity index (χ4n) is 10.3. The Balaban J connectivity index is 1.13. The number of hydrogen-bond acceptors (Lipinski definition) is 5. The number of hydrogen-bond donors (Lipinski definition) is 0. The van der Waals surface area contributed by atoms with Crippen LogP contribution < -0.4 is 25.5 Å². The minimum absolute atomic E-state index is 0.0113. The molecule has 0 spiro atoms. The first-order chi connectivity index (χ1) is 30.8. The molecule has 0 fully saturated rings. The quantitative estimate of drug-likeness (QED) is 0.163. The number of fused-ring (bicyclic) bond motifs is 8. The summed E-state index contributed by atoms with van der Waals surface area (Å²) in [5.41, 5.74) is 18.1. The van der Waals surface area contributed by atoms with E-state index in [1.165, 1.54) is 118 Å². The molecule has 0 radical (unpaired) electrons. The average molecular weight is 881 g/mol. The number of rotatable bonds is 4. The van der Waals surface area contributed by atoms with E-state index >= 15 is 0 Å². The molecule has 7 aromatic carbocycles. The Labute approximate surface area is 389 Å². The Morgan fingerprint density at radius 2 is 1.05 bits per heavy atom. The van der Waals surface area contributed by atoms with Crippen molar-refractivity contribution in [3.63, 3.8) is 0 Å². The topological polar surface area (TPSA) is 6.48 Å². The molecular formula is C58H49BN2S3. The van der Waals surface area contributed by atoms with Crippen LogP contribution in [0.5, 0.6) is 0 Å². The number of thiophene rings is 3. The molecule has 0 atom stereocenters. The largest absolute Gasteiger partial charge is 0.311 e. The fraction of sp³-hybridized carbons (Fsp3) is 0.172. The van der Waals surface area contributed by atoms with Gasteiger partial charge in [-0.05, 0) is 146 Å². The zero-order valence-corrected chi connectivity index (χ0v) is 40.1. The summed E-state index contributed by atoms with van der Waals surface area (Å²) in [6, 6.07) is 58.0. The lowest BCUT2D eigenvalue weighted by atomic mass is 9.36. The van der Waals surface area contributed by atoms with Crippen molar-refractivity contribution in [2.75, 3.05) is 9.80 Å². The summed E-state index contributed by atoms with van der Waals surface area (Å²) in [7, 11) is 0. The number of benzene rings is 7. The summed E-state index contributed by atoms with van der Waals surface area (Å²) in [5, 5.41) is 3.93. The predicted octanol–water partition coefficient (Wildman–Crippen LogP) is 16.0. The van der Waals surface area contributed by atoms with E-state index in [2.05, 4.69) is 217 Å². The van der Waals surface area contributed by atoms with Crippen molar-refractivity contribution in [1.29, 1.82) is 0 Å². The van der Waals surface area contributed by atoms with E-state index < -0.39 is 0 Å². The lowest BCUT2D eigenvalue weighted by Crippen LogP contribution is -2.60. The molecule has 10 aromatic rings. The molecular weight excluding hydrogens is 832 g/mol. The summed E-state index contributed by atoms with van der Waals surface area (Å²) in [6.45, 7) is 18.7. The van der Waals surface area contributed by atoms with Gasteiger partial charge in [0.15, 0.2) is 0 Å². The zero-order chi connectivity index (χ0) is 43.8. The van der Waals surface area contributed by atoms with Gasteiger partial charge in [-0.15, -0.1) is 34.0 Å². The molecule has 0 saturated heterocycles. The second kappa shape index (κ2) is 14.3. The van der Waals surface area contributed by atoms with Crippen LogP contribution in [0, 0.1) is 13.8 Å². The average Bonchev–Trinajstić information content (AvgIpc) is 4.02. The standard InChI is InChI=1S/C58H49BN2S3/c1-34-28-41(58(6,7)8)29-35(2)54(34)61-47-17-13-16-46-53(47)59(56-55(61)43-33-40(57(3,4)5)23-27-50(43)64-56)44-30-39(52-32-38-15-10-12-19-49(38)63-52)22-26-45(44)60(46)42-24-20-36(21-25-42)51-31-37-14-9-11-18-48(37)62-51/h9-33H,1-8H3. The summed E-state index contributed by atoms with van der Waals surface area (Å²) in [4.78, 5) is 7.81. The van der Waals surface area contributed by atoms with Gasteiger partial charge in [-0.2, -0.15) is 0 Å². The first-order valence-electron chi connectivity index (χ1n) is 22.4. The highest BCUT2D eigenvalue weighted by Crippen LogP contribution is 2.51. The van der Waals surface area contributed by atoms with Gasteiger partial charge in [-0.1, -0.05) is 126 Å². The first kappa shape index (κ1) is 39.7. The minimum atomic E-state index is 0.0113. The van der Waals surface area contributed by atoms with E-state index in [4.69, 9.17) is 0 Å². The van der Waals surface area contributed by atoms with E-state index in [9.17, 15) is 0 Å². The van der Waals surface area contributed by atoms with Gasteiger partial charge in [0.05, 0.1) is 11.4 Å². The molecule has 0 unspecified atom stereocenters. The second-order valence-electron chi connectivity index (χ2n) is 19.9. The lowest BCUT2D eigenvalue weighted by molar-refractivity contribution is 0.589. The van der Waals surface area contributed by atoms with Gasteiger partial charge in [-0.3, -0.25) is 0 Å². The third-order valence-electron chi connectivity index (χ3n) is 13.6. The lowest BCUT2D eigenvalue weighted by Gasteiger charge is -2.44. The Morgan fingerprint density at radius 3 is 1.67 bits per heavy atom. The molecule has 64 heavy (non-hydrogen) atoms. The van der Waals surface area contributed by atoms with Crippen LogP contribution in [-0.4, -0.2) is 6.71 Å². The van der Waals surface area contributed by atoms with E-state index in [-0.39, 0.29) is 17.5 Å². The van der Waals surface area contributed by atoms with Crippen LogP contribution >= 0.6 is 34.0 Å². The summed E-state index contributed by atoms with van der Waals surface area (Å²) in [5.74, 6) is 0. The molecule has 2 aliphatic heterocycles. The van der Waals surface area contributed by atoms with Gasteiger partial charge in [-0.25, -0.2) is 0 Å². The van der Waals surface area contributed by atoms with Crippen molar-refractivity contribution in [3.05, 3.63) is 174 Å². The number of nitrogens with zero attached hydrogens (tertiary/aromatic N) is 2. The van der Waals surface area contributed by atoms with Crippen LogP contribution in [0.3, 0.4) is 0 Å². The van der Waals surface area contributed by atoms with Crippen molar-refractivity contribution < 1.29 is 0 Å². The van der Waals surface area contributed by atoms with E-state index in [1.807, 2.05) is 34.0 Å². The molecule has 0 amide bonds. The van der Waals surface area contributed by atoms with Crippen LogP contribution in [0.1, 0.15) is 63.8 Å². The van der Waals surface area contributed by atoms with Crippen LogP contribution in [-0.2, 0) is 10.8 Å². The molecule has 0 bridgehead atoms. The van der Waals surface area contributed by atoms with E-state index in [1.54, 1.807) is 0 Å². The molecule has 2 aliphatic rings. The predicted molar refractivity (Wildman–Crippen MR) is 284 cm³/mol. The van der Waals surface area contributed by atoms with Crippen LogP contribution in [0.2, 0.25) is 0 Å². The van der Waals surface area contributed by atoms with Gasteiger partial charge >= 0.3 is 0 Å². The maximum absolute atomic E-state index is 2.66. The minimum Gasteiger partial charge on any atom is -0.311 e. The third-order valence-corrected chi connectivity index (χ3v) is 17.1. The monoisotopic (exact) mass is 880 g/mol. The van der Waals surface area contributed by atoms with Crippen LogP contribution in [0.25, 0.3) is 51.1 Å². The second-order valence-corrected chi connectivity index (χ2v) is 23.2. The van der Waals surface area contributed by atoms with E-state index in [0.717, 1.165) is 5.69 Å². The molecule has 6 heteroatoms. The van der Waals surface area contributed by atoms with Crippen molar-refractivity contribution in [3.8, 4) is 20.9 Å². The van der Waals surface area contributed by atoms with Gasteiger partial charge in [0.1, 0.15) is 0 Å². The number of aryl methyl sites for hydroxylation is 2. The summed E-state index contributed by atoms with van der Waals surface area (Å²) >= 11 is 5.74. The smallest absolute Gasteiger partial charge is 0.264 e. The maximum atomic E-state index is 2.66. The molecule has 3 aromatic heterocycles. The van der Waals surface area contributed by atoms with E-state index in [0.29, 0.717) is 0 Å². The Morgan fingerprint density at radius 1 is 0.453 bits per heavy atom. The molecule has 5 heterocycles. The third kappa shape index (κ3) is 6.17. The highest BCUT2D eigenvalue weighted by Gasteiger charge is 2.46. The Kier molecular flexibility index (Phi) is 8.86. The van der Waals surface area contributed by atoms with Crippen molar-refractivity contribution >= 4 is 121 Å². The van der Waals surface area contributed by atoms with Crippen LogP contribution in [0.4, 0.5) is 34.1 Å². The summed E-state index contributed by atoms with van der Waals surface area (Å²) in [6.07, 6.45) is 0. The molecule has 12 rings (SSSR count). The number of anilines is 6. The van der Waals surface area contributed by atoms with Gasteiger partial charge in [0, 0.05) is 56.8 Å². The first-order valence-corrected chi connectivity index (χ1v) is 24.9. The van der Waals surface area contributed by atoms with Crippen molar-refractivity contribution in [1.82, 2.24) is 0 Å². The highest BCUT2D eigenvalue weighted by molar-refractivity contribution is 7.33. The molecule has 0 N–H and O–H groups in total. The van der Waals surface area contributed by atoms with Crippen molar-refractivity contribution in [2.45, 2.75) is 66.2 Å². The van der Waals surface area contributed by atoms with Crippen molar-refractivity contribution in [2.24, 2.45) is 0 Å². The van der Waals surface area contributed by atoms with Gasteiger partial charge in [0.25, 0.3) is 6.71 Å². The molecule has 2 nitrogen and oxygen atoms in total. The SMILES string of the molecule is Cc1cc(C(C)(C)C)cc(C)c1N1c2cccc3c2B(c2cc(-c4cc5ccccc5s4)ccc2N3c2ccc(-c3cc4ccccc4s3)cc2)c2sc3ccc(C(C)(C)C)cc3c21. The van der Waals surface area contributed by atoms with Crippen LogP contribution in [0.15, 0.2) is 152 Å². The normalized spacial score (nSPS) is 13.5. The van der Waals surface area contributed by atoms with Gasteiger partial charge < -0.3 is 9.80 Å². The summed E-state index contributed by atoms with van der Waals surface area (Å²) < 4.78 is 5.39. The maximum Gasteiger partial charge on any atom is 0.264 e. The van der Waals surface area contributed by atoms with Gasteiger partial charge in [0.2, 0.25) is 0 Å². The molecule has 0 aliphatic carbocycles. The Hall–Kier alpha value is -5.92.